The minimum absolute atomic E-state index is 0.0647. The van der Waals surface area contributed by atoms with E-state index in [9.17, 15) is 0 Å². The van der Waals surface area contributed by atoms with Crippen molar-refractivity contribution in [3.63, 3.8) is 0 Å². The molecule has 1 unspecified atom stereocenters. The van der Waals surface area contributed by atoms with Gasteiger partial charge in [0, 0.05) is 6.54 Å². The fraction of sp³-hybridized carbons (Fsp3) is 0.950. The van der Waals surface area contributed by atoms with Gasteiger partial charge in [-0.2, -0.15) is 0 Å². The predicted octanol–water partition coefficient (Wildman–Crippen LogP) is 5.22. The second kappa shape index (κ2) is 15.0. The number of unbranched alkanes of at least 4 members (excludes halogenated alkanes) is 13. The Hall–Kier alpha value is -0.570. The van der Waals surface area contributed by atoms with Crippen LogP contribution in [0.2, 0.25) is 0 Å². The summed E-state index contributed by atoms with van der Waals surface area (Å²) in [4.78, 5) is 4.46. The Morgan fingerprint density at radius 1 is 0.826 bits per heavy atom. The van der Waals surface area contributed by atoms with E-state index in [0.29, 0.717) is 6.04 Å². The van der Waals surface area contributed by atoms with E-state index >= 15 is 0 Å². The number of aliphatic hydroxyl groups is 1. The molecule has 0 saturated heterocycles. The zero-order valence-corrected chi connectivity index (χ0v) is 15.5. The van der Waals surface area contributed by atoms with E-state index in [2.05, 4.69) is 17.2 Å². The van der Waals surface area contributed by atoms with Gasteiger partial charge in [-0.05, 0) is 6.42 Å². The summed E-state index contributed by atoms with van der Waals surface area (Å²) in [6.45, 7) is 3.27. The number of nitrogens with zero attached hydrogens (tertiary/aromatic N) is 1. The van der Waals surface area contributed by atoms with Crippen molar-refractivity contribution in [2.45, 2.75) is 109 Å². The minimum Gasteiger partial charge on any atom is -0.388 e. The van der Waals surface area contributed by atoms with E-state index in [-0.39, 0.29) is 6.61 Å². The Kier molecular flexibility index (Phi) is 13.3. The molecule has 0 aromatic rings. The van der Waals surface area contributed by atoms with Crippen LogP contribution in [-0.4, -0.2) is 30.1 Å². The Labute approximate surface area is 144 Å². The molecule has 0 aliphatic carbocycles. The van der Waals surface area contributed by atoms with E-state index in [1.54, 1.807) is 0 Å². The smallest absolute Gasteiger partial charge is 0.123 e. The summed E-state index contributed by atoms with van der Waals surface area (Å²) in [5.41, 5.74) is 0. The molecule has 1 heterocycles. The third-order valence-corrected chi connectivity index (χ3v) is 4.92. The van der Waals surface area contributed by atoms with Crippen LogP contribution in [0.15, 0.2) is 4.99 Å². The second-order valence-corrected chi connectivity index (χ2v) is 7.15. The molecule has 3 heteroatoms. The summed E-state index contributed by atoms with van der Waals surface area (Å²) in [5.74, 6) is 0.778. The topological polar surface area (TPSA) is 44.6 Å². The SMILES string of the molecule is CCCCCCCCCCCCCCCCC1CNC(CO)=N1. The van der Waals surface area contributed by atoms with Crippen molar-refractivity contribution >= 4 is 5.84 Å². The zero-order valence-electron chi connectivity index (χ0n) is 15.5. The summed E-state index contributed by atoms with van der Waals surface area (Å²) in [7, 11) is 0. The Bertz CT molecular complexity index is 291. The minimum atomic E-state index is 0.0647. The van der Waals surface area contributed by atoms with Gasteiger partial charge in [-0.1, -0.05) is 96.8 Å². The molecule has 0 radical (unpaired) electrons. The van der Waals surface area contributed by atoms with Gasteiger partial charge >= 0.3 is 0 Å². The first-order chi connectivity index (χ1) is 11.4. The van der Waals surface area contributed by atoms with Gasteiger partial charge in [-0.25, -0.2) is 0 Å². The van der Waals surface area contributed by atoms with E-state index < -0.39 is 0 Å². The van der Waals surface area contributed by atoms with Crippen LogP contribution >= 0.6 is 0 Å². The molecule has 0 spiro atoms. The molecule has 1 aliphatic rings. The first-order valence-electron chi connectivity index (χ1n) is 10.3. The highest BCUT2D eigenvalue weighted by Gasteiger charge is 2.14. The monoisotopic (exact) mass is 324 g/mol. The van der Waals surface area contributed by atoms with Crippen molar-refractivity contribution in [2.75, 3.05) is 13.2 Å². The molecule has 1 aliphatic heterocycles. The van der Waals surface area contributed by atoms with Crippen LogP contribution < -0.4 is 5.32 Å². The molecular formula is C20H40N2O. The van der Waals surface area contributed by atoms with Crippen molar-refractivity contribution in [2.24, 2.45) is 4.99 Å². The number of hydrogen-bond donors (Lipinski definition) is 2. The maximum absolute atomic E-state index is 8.98. The van der Waals surface area contributed by atoms with Gasteiger partial charge in [0.1, 0.15) is 12.4 Å². The summed E-state index contributed by atoms with van der Waals surface area (Å²) >= 11 is 0. The van der Waals surface area contributed by atoms with Crippen molar-refractivity contribution in [3.8, 4) is 0 Å². The van der Waals surface area contributed by atoms with E-state index in [1.165, 1.54) is 96.3 Å². The lowest BCUT2D eigenvalue weighted by Gasteiger charge is -2.06. The van der Waals surface area contributed by atoms with Gasteiger partial charge < -0.3 is 10.4 Å². The maximum Gasteiger partial charge on any atom is 0.123 e. The average molecular weight is 325 g/mol. The third kappa shape index (κ3) is 11.6. The average Bonchev–Trinajstić information content (AvgIpc) is 3.03. The van der Waals surface area contributed by atoms with Gasteiger partial charge in [0.15, 0.2) is 0 Å². The molecule has 1 rings (SSSR count). The lowest BCUT2D eigenvalue weighted by Crippen LogP contribution is -2.23. The number of amidine groups is 1. The van der Waals surface area contributed by atoms with Gasteiger partial charge in [-0.15, -0.1) is 0 Å². The first-order valence-corrected chi connectivity index (χ1v) is 10.3. The van der Waals surface area contributed by atoms with Gasteiger partial charge in [-0.3, -0.25) is 4.99 Å². The lowest BCUT2D eigenvalue weighted by atomic mass is 10.0. The van der Waals surface area contributed by atoms with Crippen LogP contribution in [-0.2, 0) is 0 Å². The summed E-state index contributed by atoms with van der Waals surface area (Å²) in [6, 6.07) is 0.412. The molecule has 0 saturated carbocycles. The van der Waals surface area contributed by atoms with Crippen LogP contribution in [0.3, 0.4) is 0 Å². The van der Waals surface area contributed by atoms with E-state index in [0.717, 1.165) is 12.4 Å². The van der Waals surface area contributed by atoms with Gasteiger partial charge in [0.25, 0.3) is 0 Å². The molecular weight excluding hydrogens is 284 g/mol. The zero-order chi connectivity index (χ0) is 16.6. The Morgan fingerprint density at radius 3 is 1.74 bits per heavy atom. The molecule has 3 nitrogen and oxygen atoms in total. The van der Waals surface area contributed by atoms with Crippen LogP contribution in [0.5, 0.6) is 0 Å². The summed E-state index contributed by atoms with van der Waals surface area (Å²) in [6.07, 6.45) is 20.9. The van der Waals surface area contributed by atoms with Crippen LogP contribution in [0.4, 0.5) is 0 Å². The van der Waals surface area contributed by atoms with Crippen molar-refractivity contribution in [1.82, 2.24) is 5.32 Å². The van der Waals surface area contributed by atoms with E-state index in [4.69, 9.17) is 5.11 Å². The Morgan fingerprint density at radius 2 is 1.30 bits per heavy atom. The van der Waals surface area contributed by atoms with Crippen molar-refractivity contribution < 1.29 is 5.11 Å². The molecule has 0 bridgehead atoms. The molecule has 0 amide bonds. The highest BCUT2D eigenvalue weighted by atomic mass is 16.3. The van der Waals surface area contributed by atoms with E-state index in [1.807, 2.05) is 0 Å². The standard InChI is InChI=1S/C20H40N2O/c1-2-3-4-5-6-7-8-9-10-11-12-13-14-15-16-19-17-21-20(18-23)22-19/h19,23H,2-18H2,1H3,(H,21,22). The third-order valence-electron chi connectivity index (χ3n) is 4.92. The molecule has 0 aromatic carbocycles. The number of aliphatic hydroxyl groups excluding tert-OH is 1. The molecule has 0 aromatic heterocycles. The normalized spacial score (nSPS) is 17.3. The molecule has 23 heavy (non-hydrogen) atoms. The predicted molar refractivity (Wildman–Crippen MR) is 101 cm³/mol. The first kappa shape index (κ1) is 20.5. The van der Waals surface area contributed by atoms with Crippen molar-refractivity contribution in [3.05, 3.63) is 0 Å². The van der Waals surface area contributed by atoms with Crippen molar-refractivity contribution in [1.29, 1.82) is 0 Å². The lowest BCUT2D eigenvalue weighted by molar-refractivity contribution is 0.354. The summed E-state index contributed by atoms with van der Waals surface area (Å²) in [5, 5.41) is 12.1. The molecule has 0 fully saturated rings. The van der Waals surface area contributed by atoms with Gasteiger partial charge in [0.05, 0.1) is 6.04 Å². The highest BCUT2D eigenvalue weighted by molar-refractivity contribution is 5.84. The molecule has 136 valence electrons. The van der Waals surface area contributed by atoms with Crippen LogP contribution in [0.25, 0.3) is 0 Å². The quantitative estimate of drug-likeness (QED) is 0.382. The molecule has 1 atom stereocenters. The maximum atomic E-state index is 8.98. The molecule has 2 N–H and O–H groups in total. The van der Waals surface area contributed by atoms with Crippen LogP contribution in [0, 0.1) is 0 Å². The highest BCUT2D eigenvalue weighted by Crippen LogP contribution is 2.14. The number of nitrogens with one attached hydrogen (secondary N) is 1. The second-order valence-electron chi connectivity index (χ2n) is 7.15. The van der Waals surface area contributed by atoms with Crippen LogP contribution in [0.1, 0.15) is 103 Å². The number of aliphatic imine (C=N–C) groups is 1. The number of rotatable bonds is 16. The largest absolute Gasteiger partial charge is 0.388 e. The fourth-order valence-electron chi connectivity index (χ4n) is 3.39. The Balaban J connectivity index is 1.73. The van der Waals surface area contributed by atoms with Gasteiger partial charge in [0.2, 0.25) is 0 Å². The number of hydrogen-bond acceptors (Lipinski definition) is 3. The summed E-state index contributed by atoms with van der Waals surface area (Å²) < 4.78 is 0. The fourth-order valence-corrected chi connectivity index (χ4v) is 3.39.